The first-order valence-corrected chi connectivity index (χ1v) is 10.2. The first-order valence-electron chi connectivity index (χ1n) is 9.80. The highest BCUT2D eigenvalue weighted by Crippen LogP contribution is 2.39. The molecule has 1 aliphatic carbocycles. The van der Waals surface area contributed by atoms with Crippen molar-refractivity contribution in [3.8, 4) is 0 Å². The van der Waals surface area contributed by atoms with Crippen molar-refractivity contribution >= 4 is 17.5 Å². The lowest BCUT2D eigenvalue weighted by Crippen LogP contribution is -2.44. The molecule has 2 aromatic rings. The average Bonchev–Trinajstić information content (AvgIpc) is 3.30. The first-order chi connectivity index (χ1) is 13.1. The van der Waals surface area contributed by atoms with Crippen LogP contribution < -0.4 is 10.6 Å². The van der Waals surface area contributed by atoms with Gasteiger partial charge in [0, 0.05) is 5.02 Å². The Morgan fingerprint density at radius 1 is 1.22 bits per heavy atom. The van der Waals surface area contributed by atoms with Crippen LogP contribution in [0.15, 0.2) is 24.3 Å². The van der Waals surface area contributed by atoms with Crippen molar-refractivity contribution in [2.75, 3.05) is 13.1 Å². The molecule has 0 radical (unpaired) electrons. The number of amides is 1. The van der Waals surface area contributed by atoms with E-state index in [9.17, 15) is 4.79 Å². The molecule has 1 aromatic carbocycles. The minimum Gasteiger partial charge on any atom is -0.341 e. The molecule has 7 heteroatoms. The van der Waals surface area contributed by atoms with Crippen LogP contribution in [0.25, 0.3) is 0 Å². The van der Waals surface area contributed by atoms with Crippen LogP contribution in [0.3, 0.4) is 0 Å². The Hall–Kier alpha value is -1.92. The second kappa shape index (κ2) is 7.60. The number of halogens is 1. The zero-order valence-electron chi connectivity index (χ0n) is 15.7. The summed E-state index contributed by atoms with van der Waals surface area (Å²) in [5, 5.41) is 15.9. The van der Waals surface area contributed by atoms with E-state index in [0.717, 1.165) is 62.9 Å². The zero-order valence-corrected chi connectivity index (χ0v) is 16.4. The van der Waals surface area contributed by atoms with Crippen molar-refractivity contribution in [2.45, 2.75) is 57.0 Å². The van der Waals surface area contributed by atoms with Crippen molar-refractivity contribution in [2.24, 2.45) is 0 Å². The van der Waals surface area contributed by atoms with E-state index in [1.54, 1.807) is 0 Å². The summed E-state index contributed by atoms with van der Waals surface area (Å²) in [6, 6.07) is 8.14. The van der Waals surface area contributed by atoms with Crippen molar-refractivity contribution in [3.05, 3.63) is 46.2 Å². The number of hydrogen-bond donors (Lipinski definition) is 2. The molecule has 1 amide bonds. The Morgan fingerprint density at radius 2 is 1.89 bits per heavy atom. The van der Waals surface area contributed by atoms with E-state index in [1.807, 2.05) is 35.9 Å². The lowest BCUT2D eigenvalue weighted by Gasteiger charge is -2.31. The average molecular weight is 388 g/mol. The number of hydrogen-bond acceptors (Lipinski definition) is 4. The van der Waals surface area contributed by atoms with Crippen LogP contribution >= 0.6 is 11.6 Å². The Labute approximate surface area is 164 Å². The van der Waals surface area contributed by atoms with Gasteiger partial charge in [0.15, 0.2) is 5.69 Å². The molecule has 2 aliphatic rings. The Balaban J connectivity index is 1.57. The third-order valence-corrected chi connectivity index (χ3v) is 6.26. The lowest BCUT2D eigenvalue weighted by molar-refractivity contribution is 0.0892. The van der Waals surface area contributed by atoms with Gasteiger partial charge in [-0.25, -0.2) is 4.68 Å². The van der Waals surface area contributed by atoms with Gasteiger partial charge in [0.05, 0.1) is 17.3 Å². The number of carbonyl (C=O) groups is 1. The Morgan fingerprint density at radius 3 is 2.56 bits per heavy atom. The van der Waals surface area contributed by atoms with Gasteiger partial charge >= 0.3 is 0 Å². The van der Waals surface area contributed by atoms with Gasteiger partial charge in [0.1, 0.15) is 0 Å². The predicted octanol–water partition coefficient (Wildman–Crippen LogP) is 3.36. The Bertz CT molecular complexity index is 804. The van der Waals surface area contributed by atoms with E-state index in [2.05, 4.69) is 20.9 Å². The van der Waals surface area contributed by atoms with Gasteiger partial charge in [-0.05, 0) is 63.4 Å². The first kappa shape index (κ1) is 18.4. The summed E-state index contributed by atoms with van der Waals surface area (Å²) in [4.78, 5) is 13.1. The summed E-state index contributed by atoms with van der Waals surface area (Å²) in [5.41, 5.74) is 2.06. The minimum absolute atomic E-state index is 0.135. The van der Waals surface area contributed by atoms with Crippen LogP contribution in [0.1, 0.15) is 66.3 Å². The third-order valence-electron chi connectivity index (χ3n) is 6.00. The SMILES string of the molecule is Cc1c(C(=O)NC2(c3ccc(Cl)cc3)CCCC2)nnn1C1CCNCC1. The highest BCUT2D eigenvalue weighted by Gasteiger charge is 2.38. The molecule has 2 heterocycles. The van der Waals surface area contributed by atoms with Gasteiger partial charge in [-0.3, -0.25) is 4.79 Å². The van der Waals surface area contributed by atoms with Crippen LogP contribution in [0.2, 0.25) is 5.02 Å². The molecule has 0 unspecified atom stereocenters. The highest BCUT2D eigenvalue weighted by atomic mass is 35.5. The molecule has 6 nitrogen and oxygen atoms in total. The molecule has 0 spiro atoms. The van der Waals surface area contributed by atoms with E-state index >= 15 is 0 Å². The normalized spacial score (nSPS) is 19.9. The van der Waals surface area contributed by atoms with Crippen molar-refractivity contribution in [3.63, 3.8) is 0 Å². The van der Waals surface area contributed by atoms with E-state index in [4.69, 9.17) is 11.6 Å². The molecule has 2 fully saturated rings. The molecule has 2 N–H and O–H groups in total. The van der Waals surface area contributed by atoms with E-state index in [-0.39, 0.29) is 11.4 Å². The molecular formula is C20H26ClN5O. The summed E-state index contributed by atoms with van der Waals surface area (Å²) < 4.78 is 1.93. The molecule has 1 saturated heterocycles. The second-order valence-corrected chi connectivity index (χ2v) is 8.14. The van der Waals surface area contributed by atoms with Gasteiger partial charge in [-0.15, -0.1) is 5.10 Å². The summed E-state index contributed by atoms with van der Waals surface area (Å²) in [6.45, 7) is 3.90. The van der Waals surface area contributed by atoms with Crippen LogP contribution in [0.4, 0.5) is 0 Å². The summed E-state index contributed by atoms with van der Waals surface area (Å²) >= 11 is 6.05. The van der Waals surface area contributed by atoms with E-state index < -0.39 is 0 Å². The molecule has 144 valence electrons. The van der Waals surface area contributed by atoms with Crippen LogP contribution in [-0.4, -0.2) is 34.0 Å². The van der Waals surface area contributed by atoms with Gasteiger partial charge in [0.2, 0.25) is 0 Å². The van der Waals surface area contributed by atoms with Gasteiger partial charge in [-0.2, -0.15) is 0 Å². The number of nitrogens with one attached hydrogen (secondary N) is 2. The molecule has 0 atom stereocenters. The fraction of sp³-hybridized carbons (Fsp3) is 0.550. The third kappa shape index (κ3) is 3.60. The van der Waals surface area contributed by atoms with Crippen LogP contribution in [0, 0.1) is 6.92 Å². The van der Waals surface area contributed by atoms with Crippen LogP contribution in [0.5, 0.6) is 0 Å². The minimum atomic E-state index is -0.341. The highest BCUT2D eigenvalue weighted by molar-refractivity contribution is 6.30. The largest absolute Gasteiger partial charge is 0.341 e. The number of aromatic nitrogens is 3. The standard InChI is InChI=1S/C20H26ClN5O/c1-14-18(24-25-26(14)17-8-12-22-13-9-17)19(27)23-20(10-2-3-11-20)15-4-6-16(21)7-5-15/h4-7,17,22H,2-3,8-13H2,1H3,(H,23,27). The molecule has 0 bridgehead atoms. The zero-order chi connectivity index (χ0) is 18.9. The number of carbonyl (C=O) groups excluding carboxylic acids is 1. The monoisotopic (exact) mass is 387 g/mol. The van der Waals surface area contributed by atoms with Gasteiger partial charge < -0.3 is 10.6 Å². The maximum Gasteiger partial charge on any atom is 0.274 e. The van der Waals surface area contributed by atoms with Crippen molar-refractivity contribution < 1.29 is 4.79 Å². The smallest absolute Gasteiger partial charge is 0.274 e. The molecule has 1 aromatic heterocycles. The quantitative estimate of drug-likeness (QED) is 0.843. The summed E-state index contributed by atoms with van der Waals surface area (Å²) in [7, 11) is 0. The second-order valence-electron chi connectivity index (χ2n) is 7.70. The van der Waals surface area contributed by atoms with Crippen molar-refractivity contribution in [1.82, 2.24) is 25.6 Å². The Kier molecular flexibility index (Phi) is 5.19. The van der Waals surface area contributed by atoms with Gasteiger partial charge in [0.25, 0.3) is 5.91 Å². The number of benzene rings is 1. The predicted molar refractivity (Wildman–Crippen MR) is 105 cm³/mol. The van der Waals surface area contributed by atoms with Crippen molar-refractivity contribution in [1.29, 1.82) is 0 Å². The lowest BCUT2D eigenvalue weighted by atomic mass is 9.88. The number of nitrogens with zero attached hydrogens (tertiary/aromatic N) is 3. The van der Waals surface area contributed by atoms with E-state index in [1.165, 1.54) is 0 Å². The number of piperidine rings is 1. The number of rotatable bonds is 4. The maximum atomic E-state index is 13.1. The molecule has 27 heavy (non-hydrogen) atoms. The molecule has 1 aliphatic heterocycles. The van der Waals surface area contributed by atoms with Crippen LogP contribution in [-0.2, 0) is 5.54 Å². The van der Waals surface area contributed by atoms with E-state index in [0.29, 0.717) is 16.8 Å². The fourth-order valence-corrected chi connectivity index (χ4v) is 4.58. The summed E-state index contributed by atoms with van der Waals surface area (Å²) in [5.74, 6) is -0.135. The van der Waals surface area contributed by atoms with Gasteiger partial charge in [-0.1, -0.05) is 41.8 Å². The molecule has 1 saturated carbocycles. The topological polar surface area (TPSA) is 71.8 Å². The summed E-state index contributed by atoms with van der Waals surface area (Å²) in [6.07, 6.45) is 6.09. The molecular weight excluding hydrogens is 362 g/mol. The maximum absolute atomic E-state index is 13.1. The molecule has 4 rings (SSSR count). The fourth-order valence-electron chi connectivity index (χ4n) is 4.46.